The molecular formula is C20H17N3O5. The van der Waals surface area contributed by atoms with Gasteiger partial charge in [-0.1, -0.05) is 18.2 Å². The Morgan fingerprint density at radius 3 is 2.68 bits per heavy atom. The molecule has 1 aromatic heterocycles. The van der Waals surface area contributed by atoms with Crippen LogP contribution < -0.4 is 0 Å². The fourth-order valence-electron chi connectivity index (χ4n) is 3.02. The lowest BCUT2D eigenvalue weighted by atomic mass is 10.0. The normalized spacial score (nSPS) is 15.3. The van der Waals surface area contributed by atoms with Crippen molar-refractivity contribution in [2.24, 2.45) is 0 Å². The Hall–Kier alpha value is -3.81. The lowest BCUT2D eigenvalue weighted by molar-refractivity contribution is -0.385. The van der Waals surface area contributed by atoms with Gasteiger partial charge < -0.3 is 9.64 Å². The number of allylic oxidation sites excluding steroid dienone is 1. The Balaban J connectivity index is 2.09. The first-order valence-corrected chi connectivity index (χ1v) is 8.39. The van der Waals surface area contributed by atoms with Gasteiger partial charge >= 0.3 is 5.97 Å². The highest BCUT2D eigenvalue weighted by Crippen LogP contribution is 2.34. The fourth-order valence-corrected chi connectivity index (χ4v) is 3.02. The van der Waals surface area contributed by atoms with Crippen molar-refractivity contribution in [1.82, 2.24) is 9.88 Å². The van der Waals surface area contributed by atoms with Gasteiger partial charge in [-0.3, -0.25) is 19.9 Å². The molecule has 8 heteroatoms. The predicted molar refractivity (Wildman–Crippen MR) is 101 cm³/mol. The van der Waals surface area contributed by atoms with E-state index in [1.807, 2.05) is 6.07 Å². The van der Waals surface area contributed by atoms with Crippen LogP contribution in [0.2, 0.25) is 0 Å². The number of ether oxygens (including phenoxy) is 1. The quantitative estimate of drug-likeness (QED) is 0.343. The molecule has 0 saturated carbocycles. The zero-order valence-corrected chi connectivity index (χ0v) is 15.3. The number of hydrogen-bond donors (Lipinski definition) is 0. The van der Waals surface area contributed by atoms with Gasteiger partial charge in [0.1, 0.15) is 0 Å². The van der Waals surface area contributed by atoms with Crippen LogP contribution in [0.15, 0.2) is 65.6 Å². The molecule has 1 aliphatic rings. The van der Waals surface area contributed by atoms with E-state index in [1.54, 1.807) is 31.5 Å². The van der Waals surface area contributed by atoms with Gasteiger partial charge in [-0.15, -0.1) is 0 Å². The van der Waals surface area contributed by atoms with Crippen LogP contribution in [0.1, 0.15) is 18.1 Å². The zero-order valence-electron chi connectivity index (χ0n) is 15.3. The summed E-state index contributed by atoms with van der Waals surface area (Å²) < 4.78 is 4.83. The first-order chi connectivity index (χ1) is 13.4. The molecule has 0 fully saturated rings. The molecule has 0 aliphatic carbocycles. The molecule has 28 heavy (non-hydrogen) atoms. The van der Waals surface area contributed by atoms with Gasteiger partial charge in [-0.2, -0.15) is 0 Å². The second-order valence-electron chi connectivity index (χ2n) is 6.08. The number of carbonyl (C=O) groups excluding carboxylic acids is 2. The highest BCUT2D eigenvalue weighted by atomic mass is 16.6. The number of hydrogen-bond acceptors (Lipinski definition) is 6. The summed E-state index contributed by atoms with van der Waals surface area (Å²) in [5.74, 6) is -1.11. The summed E-state index contributed by atoms with van der Waals surface area (Å²) in [6.45, 7) is 1.86. The van der Waals surface area contributed by atoms with Crippen molar-refractivity contribution in [1.29, 1.82) is 0 Å². The third-order valence-corrected chi connectivity index (χ3v) is 4.40. The molecule has 0 bridgehead atoms. The Kier molecular flexibility index (Phi) is 5.30. The van der Waals surface area contributed by atoms with Crippen molar-refractivity contribution in [3.63, 3.8) is 0 Å². The van der Waals surface area contributed by atoms with Crippen LogP contribution >= 0.6 is 0 Å². The molecule has 0 atom stereocenters. The predicted octanol–water partition coefficient (Wildman–Crippen LogP) is 2.86. The molecule has 2 heterocycles. The van der Waals surface area contributed by atoms with Gasteiger partial charge in [0.05, 0.1) is 35.3 Å². The third-order valence-electron chi connectivity index (χ3n) is 4.40. The smallest absolute Gasteiger partial charge is 0.340 e. The van der Waals surface area contributed by atoms with E-state index in [0.29, 0.717) is 5.70 Å². The van der Waals surface area contributed by atoms with E-state index in [4.69, 9.17) is 4.74 Å². The van der Waals surface area contributed by atoms with Crippen molar-refractivity contribution < 1.29 is 19.2 Å². The number of esters is 1. The Bertz CT molecular complexity index is 1010. The van der Waals surface area contributed by atoms with Gasteiger partial charge in [-0.25, -0.2) is 4.79 Å². The number of nitro groups is 1. The number of methoxy groups -OCH3 is 1. The monoisotopic (exact) mass is 379 g/mol. The van der Waals surface area contributed by atoms with Crippen LogP contribution in [-0.2, 0) is 20.9 Å². The average molecular weight is 379 g/mol. The molecule has 1 aromatic carbocycles. The van der Waals surface area contributed by atoms with Crippen LogP contribution in [0.25, 0.3) is 6.08 Å². The van der Waals surface area contributed by atoms with E-state index in [9.17, 15) is 19.7 Å². The number of amides is 1. The molecule has 2 aromatic rings. The number of nitro benzene ring substituents is 1. The van der Waals surface area contributed by atoms with Crippen molar-refractivity contribution in [3.05, 3.63) is 86.9 Å². The molecule has 0 saturated heterocycles. The SMILES string of the molecule is COC(=O)C1=C(C)N(Cc2cccnc2)C(=O)/C1=C\c1ccccc1[N+](=O)[O-]. The second kappa shape index (κ2) is 7.83. The van der Waals surface area contributed by atoms with Crippen LogP contribution in [0.4, 0.5) is 5.69 Å². The first kappa shape index (κ1) is 19.0. The lowest BCUT2D eigenvalue weighted by Crippen LogP contribution is -2.24. The molecule has 8 nitrogen and oxygen atoms in total. The standard InChI is InChI=1S/C20H17N3O5/c1-13-18(20(25)28-2)16(10-15-7-3-4-8-17(15)23(26)27)19(24)22(13)12-14-6-5-9-21-11-14/h3-11H,12H2,1-2H3/b16-10-. The van der Waals surface area contributed by atoms with E-state index in [-0.39, 0.29) is 28.9 Å². The molecular weight excluding hydrogens is 362 g/mol. The third kappa shape index (κ3) is 3.52. The summed E-state index contributed by atoms with van der Waals surface area (Å²) in [5.41, 5.74) is 1.43. The second-order valence-corrected chi connectivity index (χ2v) is 6.08. The minimum Gasteiger partial charge on any atom is -0.465 e. The highest BCUT2D eigenvalue weighted by Gasteiger charge is 2.37. The summed E-state index contributed by atoms with van der Waals surface area (Å²) in [6, 6.07) is 9.59. The van der Waals surface area contributed by atoms with Crippen LogP contribution in [0.5, 0.6) is 0 Å². The van der Waals surface area contributed by atoms with Crippen LogP contribution in [0, 0.1) is 10.1 Å². The Labute approximate surface area is 160 Å². The van der Waals surface area contributed by atoms with Crippen molar-refractivity contribution >= 4 is 23.6 Å². The maximum atomic E-state index is 13.1. The fraction of sp³-hybridized carbons (Fsp3) is 0.150. The minimum absolute atomic E-state index is 0.0579. The summed E-state index contributed by atoms with van der Waals surface area (Å²) in [6.07, 6.45) is 4.61. The van der Waals surface area contributed by atoms with E-state index in [2.05, 4.69) is 4.98 Å². The van der Waals surface area contributed by atoms with Crippen molar-refractivity contribution in [2.75, 3.05) is 7.11 Å². The average Bonchev–Trinajstić information content (AvgIpc) is 2.93. The molecule has 3 rings (SSSR count). The first-order valence-electron chi connectivity index (χ1n) is 8.39. The number of aromatic nitrogens is 1. The Morgan fingerprint density at radius 2 is 2.04 bits per heavy atom. The maximum absolute atomic E-state index is 13.1. The number of pyridine rings is 1. The van der Waals surface area contributed by atoms with Gasteiger partial charge in [0.25, 0.3) is 11.6 Å². The number of para-hydroxylation sites is 1. The number of rotatable bonds is 5. The van der Waals surface area contributed by atoms with E-state index < -0.39 is 16.8 Å². The lowest BCUT2D eigenvalue weighted by Gasteiger charge is -2.17. The van der Waals surface area contributed by atoms with Gasteiger partial charge in [0.2, 0.25) is 0 Å². The van der Waals surface area contributed by atoms with Crippen LogP contribution in [-0.4, -0.2) is 33.8 Å². The zero-order chi connectivity index (χ0) is 20.3. The summed E-state index contributed by atoms with van der Waals surface area (Å²) in [4.78, 5) is 41.6. The summed E-state index contributed by atoms with van der Waals surface area (Å²) in [7, 11) is 1.22. The summed E-state index contributed by atoms with van der Waals surface area (Å²) >= 11 is 0. The topological polar surface area (TPSA) is 103 Å². The molecule has 0 unspecified atom stereocenters. The maximum Gasteiger partial charge on any atom is 0.340 e. The van der Waals surface area contributed by atoms with E-state index in [1.165, 1.54) is 36.3 Å². The molecule has 0 N–H and O–H groups in total. The molecule has 0 spiro atoms. The van der Waals surface area contributed by atoms with Gasteiger partial charge in [0.15, 0.2) is 0 Å². The minimum atomic E-state index is -0.677. The van der Waals surface area contributed by atoms with Gasteiger partial charge in [-0.05, 0) is 30.7 Å². The molecule has 142 valence electrons. The van der Waals surface area contributed by atoms with E-state index in [0.717, 1.165) is 5.56 Å². The summed E-state index contributed by atoms with van der Waals surface area (Å²) in [5, 5.41) is 11.3. The van der Waals surface area contributed by atoms with Crippen molar-refractivity contribution in [3.8, 4) is 0 Å². The number of nitrogens with zero attached hydrogens (tertiary/aromatic N) is 3. The van der Waals surface area contributed by atoms with Crippen molar-refractivity contribution in [2.45, 2.75) is 13.5 Å². The molecule has 0 radical (unpaired) electrons. The molecule has 1 amide bonds. The number of carbonyl (C=O) groups is 2. The van der Waals surface area contributed by atoms with E-state index >= 15 is 0 Å². The number of benzene rings is 1. The Morgan fingerprint density at radius 1 is 1.29 bits per heavy atom. The largest absolute Gasteiger partial charge is 0.465 e. The highest BCUT2D eigenvalue weighted by molar-refractivity contribution is 6.16. The van der Waals surface area contributed by atoms with Gasteiger partial charge in [0, 0.05) is 24.2 Å². The van der Waals surface area contributed by atoms with Crippen LogP contribution in [0.3, 0.4) is 0 Å². The molecule has 1 aliphatic heterocycles.